The number of nitrogens with one attached hydrogen (secondary N) is 1. The molecule has 1 aromatic carbocycles. The molecule has 5 heteroatoms. The van der Waals surface area contributed by atoms with E-state index in [0.29, 0.717) is 32.2 Å². The summed E-state index contributed by atoms with van der Waals surface area (Å²) in [5.41, 5.74) is 1.93. The van der Waals surface area contributed by atoms with Crippen molar-refractivity contribution in [3.63, 3.8) is 0 Å². The molecule has 0 atom stereocenters. The van der Waals surface area contributed by atoms with Crippen molar-refractivity contribution in [3.8, 4) is 0 Å². The minimum Gasteiger partial charge on any atom is -0.374 e. The van der Waals surface area contributed by atoms with Crippen molar-refractivity contribution in [3.05, 3.63) is 29.8 Å². The standard InChI is InChI=1S/C23H34N2O3/c1-2-7-22(26)25-14-12-19(13-15-25)23(27)24-20-9-6-8-18(16-20)17-28-21-10-4-3-5-11-21/h6,8-9,16,19,21H,2-5,7,10-15,17H2,1H3,(H,24,27). The van der Waals surface area contributed by atoms with Gasteiger partial charge in [-0.15, -0.1) is 0 Å². The van der Waals surface area contributed by atoms with Crippen LogP contribution in [-0.4, -0.2) is 35.9 Å². The number of nitrogens with zero attached hydrogens (tertiary/aromatic N) is 1. The Morgan fingerprint density at radius 3 is 2.57 bits per heavy atom. The van der Waals surface area contributed by atoms with Crippen LogP contribution >= 0.6 is 0 Å². The molecular weight excluding hydrogens is 352 g/mol. The van der Waals surface area contributed by atoms with E-state index in [1.54, 1.807) is 0 Å². The molecule has 154 valence electrons. The molecule has 28 heavy (non-hydrogen) atoms. The summed E-state index contributed by atoms with van der Waals surface area (Å²) in [6.45, 7) is 4.00. The number of ether oxygens (including phenoxy) is 1. The van der Waals surface area contributed by atoms with E-state index in [1.165, 1.54) is 19.3 Å². The molecule has 0 spiro atoms. The third-order valence-electron chi connectivity index (χ3n) is 5.91. The van der Waals surface area contributed by atoms with Gasteiger partial charge in [0.2, 0.25) is 11.8 Å². The Labute approximate surface area is 168 Å². The number of carbonyl (C=O) groups excluding carboxylic acids is 2. The van der Waals surface area contributed by atoms with E-state index in [9.17, 15) is 9.59 Å². The number of hydrogen-bond acceptors (Lipinski definition) is 3. The molecule has 2 aliphatic rings. The Kier molecular flexibility index (Phi) is 7.90. The van der Waals surface area contributed by atoms with Gasteiger partial charge in [-0.1, -0.05) is 38.3 Å². The van der Waals surface area contributed by atoms with Crippen molar-refractivity contribution >= 4 is 17.5 Å². The third kappa shape index (κ3) is 6.06. The highest BCUT2D eigenvalue weighted by Gasteiger charge is 2.27. The van der Waals surface area contributed by atoms with E-state index in [4.69, 9.17) is 4.74 Å². The van der Waals surface area contributed by atoms with E-state index in [0.717, 1.165) is 43.4 Å². The molecule has 0 bridgehead atoms. The van der Waals surface area contributed by atoms with Crippen molar-refractivity contribution in [1.29, 1.82) is 0 Å². The molecule has 1 aliphatic heterocycles. The molecule has 1 heterocycles. The topological polar surface area (TPSA) is 58.6 Å². The van der Waals surface area contributed by atoms with Crippen molar-refractivity contribution in [1.82, 2.24) is 4.90 Å². The first-order valence-electron chi connectivity index (χ1n) is 10.9. The van der Waals surface area contributed by atoms with Crippen LogP contribution in [0.1, 0.15) is 70.3 Å². The number of rotatable bonds is 7. The minimum absolute atomic E-state index is 0.0205. The smallest absolute Gasteiger partial charge is 0.227 e. The Hall–Kier alpha value is -1.88. The normalized spacial score (nSPS) is 18.8. The van der Waals surface area contributed by atoms with E-state index in [1.807, 2.05) is 30.0 Å². The highest BCUT2D eigenvalue weighted by atomic mass is 16.5. The average Bonchev–Trinajstić information content (AvgIpc) is 2.73. The summed E-state index contributed by atoms with van der Waals surface area (Å²) in [7, 11) is 0. The summed E-state index contributed by atoms with van der Waals surface area (Å²) in [4.78, 5) is 26.5. The van der Waals surface area contributed by atoms with Gasteiger partial charge in [0.25, 0.3) is 0 Å². The Balaban J connectivity index is 1.46. The second-order valence-electron chi connectivity index (χ2n) is 8.17. The summed E-state index contributed by atoms with van der Waals surface area (Å²) < 4.78 is 6.05. The zero-order valence-electron chi connectivity index (χ0n) is 17.1. The quantitative estimate of drug-likeness (QED) is 0.750. The largest absolute Gasteiger partial charge is 0.374 e. The summed E-state index contributed by atoms with van der Waals surface area (Å²) in [6.07, 6.45) is 9.53. The second-order valence-corrected chi connectivity index (χ2v) is 8.17. The predicted molar refractivity (Wildman–Crippen MR) is 111 cm³/mol. The highest BCUT2D eigenvalue weighted by molar-refractivity contribution is 5.92. The van der Waals surface area contributed by atoms with Gasteiger partial charge in [-0.05, 0) is 49.8 Å². The van der Waals surface area contributed by atoms with E-state index >= 15 is 0 Å². The van der Waals surface area contributed by atoms with Crippen LogP contribution in [0.3, 0.4) is 0 Å². The van der Waals surface area contributed by atoms with Gasteiger partial charge >= 0.3 is 0 Å². The Bertz CT molecular complexity index is 647. The van der Waals surface area contributed by atoms with Gasteiger partial charge in [-0.3, -0.25) is 9.59 Å². The van der Waals surface area contributed by atoms with Crippen molar-refractivity contribution in [2.24, 2.45) is 5.92 Å². The van der Waals surface area contributed by atoms with Crippen LogP contribution in [0, 0.1) is 5.92 Å². The van der Waals surface area contributed by atoms with Crippen LogP contribution in [0.5, 0.6) is 0 Å². The van der Waals surface area contributed by atoms with Crippen molar-refractivity contribution < 1.29 is 14.3 Å². The summed E-state index contributed by atoms with van der Waals surface area (Å²) in [6, 6.07) is 7.97. The number of hydrogen-bond donors (Lipinski definition) is 1. The number of anilines is 1. The zero-order chi connectivity index (χ0) is 19.8. The average molecular weight is 387 g/mol. The Morgan fingerprint density at radius 2 is 1.86 bits per heavy atom. The van der Waals surface area contributed by atoms with Gasteiger partial charge in [0.15, 0.2) is 0 Å². The Morgan fingerprint density at radius 1 is 1.11 bits per heavy atom. The maximum Gasteiger partial charge on any atom is 0.227 e. The fourth-order valence-corrected chi connectivity index (χ4v) is 4.19. The van der Waals surface area contributed by atoms with Gasteiger partial charge in [0, 0.05) is 31.1 Å². The number of amides is 2. The first-order chi connectivity index (χ1) is 13.7. The number of piperidine rings is 1. The number of likely N-dealkylation sites (tertiary alicyclic amines) is 1. The summed E-state index contributed by atoms with van der Waals surface area (Å²) in [5.74, 6) is 0.257. The lowest BCUT2D eigenvalue weighted by Crippen LogP contribution is -2.41. The third-order valence-corrected chi connectivity index (χ3v) is 5.91. The lowest BCUT2D eigenvalue weighted by atomic mass is 9.95. The van der Waals surface area contributed by atoms with Crippen LogP contribution in [0.15, 0.2) is 24.3 Å². The molecule has 3 rings (SSSR count). The molecule has 2 fully saturated rings. The van der Waals surface area contributed by atoms with E-state index < -0.39 is 0 Å². The molecule has 5 nitrogen and oxygen atoms in total. The van der Waals surface area contributed by atoms with Crippen molar-refractivity contribution in [2.75, 3.05) is 18.4 Å². The second kappa shape index (κ2) is 10.6. The van der Waals surface area contributed by atoms with Gasteiger partial charge in [0.1, 0.15) is 0 Å². The van der Waals surface area contributed by atoms with Gasteiger partial charge in [-0.2, -0.15) is 0 Å². The number of benzene rings is 1. The molecule has 1 aromatic rings. The molecule has 1 saturated heterocycles. The molecule has 0 radical (unpaired) electrons. The fourth-order valence-electron chi connectivity index (χ4n) is 4.19. The molecule has 2 amide bonds. The molecule has 1 aliphatic carbocycles. The molecule has 0 aromatic heterocycles. The summed E-state index contributed by atoms with van der Waals surface area (Å²) in [5, 5.41) is 3.06. The van der Waals surface area contributed by atoms with Crippen LogP contribution < -0.4 is 5.32 Å². The molecular formula is C23H34N2O3. The first kappa shape index (κ1) is 20.8. The van der Waals surface area contributed by atoms with Gasteiger partial charge < -0.3 is 15.0 Å². The van der Waals surface area contributed by atoms with E-state index in [-0.39, 0.29) is 17.7 Å². The van der Waals surface area contributed by atoms with E-state index in [2.05, 4.69) is 11.4 Å². The van der Waals surface area contributed by atoms with Gasteiger partial charge in [-0.25, -0.2) is 0 Å². The van der Waals surface area contributed by atoms with Crippen molar-refractivity contribution in [2.45, 2.75) is 77.4 Å². The summed E-state index contributed by atoms with van der Waals surface area (Å²) >= 11 is 0. The lowest BCUT2D eigenvalue weighted by Gasteiger charge is -2.31. The molecule has 1 N–H and O–H groups in total. The van der Waals surface area contributed by atoms with Crippen LogP contribution in [0.25, 0.3) is 0 Å². The van der Waals surface area contributed by atoms with Gasteiger partial charge in [0.05, 0.1) is 12.7 Å². The number of carbonyl (C=O) groups is 2. The highest BCUT2D eigenvalue weighted by Crippen LogP contribution is 2.23. The SMILES string of the molecule is CCCC(=O)N1CCC(C(=O)Nc2cccc(COC3CCCCC3)c2)CC1. The van der Waals surface area contributed by atoms with Crippen LogP contribution in [0.2, 0.25) is 0 Å². The minimum atomic E-state index is -0.0205. The predicted octanol–water partition coefficient (Wildman–Crippen LogP) is 4.51. The molecule has 1 saturated carbocycles. The maximum absolute atomic E-state index is 12.6. The fraction of sp³-hybridized carbons (Fsp3) is 0.652. The first-order valence-corrected chi connectivity index (χ1v) is 10.9. The van der Waals surface area contributed by atoms with Crippen LogP contribution in [-0.2, 0) is 20.9 Å². The molecule has 0 unspecified atom stereocenters. The lowest BCUT2D eigenvalue weighted by molar-refractivity contribution is -0.134. The zero-order valence-corrected chi connectivity index (χ0v) is 17.1. The van der Waals surface area contributed by atoms with Crippen LogP contribution in [0.4, 0.5) is 5.69 Å². The monoisotopic (exact) mass is 386 g/mol. The maximum atomic E-state index is 12.6.